The number of aromatic nitrogens is 1. The number of fused-ring (bicyclic) bond motifs is 1. The van der Waals surface area contributed by atoms with Gasteiger partial charge in [0, 0.05) is 25.2 Å². The maximum atomic E-state index is 13.7. The number of nitrogens with one attached hydrogen (secondary N) is 2. The number of halogens is 3. The van der Waals surface area contributed by atoms with Crippen LogP contribution in [-0.2, 0) is 20.4 Å². The number of likely N-dealkylation sites (N-methyl/N-ethyl adjacent to an activating group) is 1. The van der Waals surface area contributed by atoms with Gasteiger partial charge in [0.05, 0.1) is 23.8 Å². The average molecular weight is 603 g/mol. The number of amides is 3. The molecule has 40 heavy (non-hydrogen) atoms. The second kappa shape index (κ2) is 13.8. The van der Waals surface area contributed by atoms with Gasteiger partial charge < -0.3 is 29.8 Å². The van der Waals surface area contributed by atoms with E-state index in [1.54, 1.807) is 0 Å². The zero-order valence-corrected chi connectivity index (χ0v) is 22.6. The van der Waals surface area contributed by atoms with E-state index in [9.17, 15) is 28.0 Å². The summed E-state index contributed by atoms with van der Waals surface area (Å²) in [6.07, 6.45) is -1.33. The number of carbonyl (C=O) groups excluding carboxylic acids is 2. The van der Waals surface area contributed by atoms with Crippen molar-refractivity contribution in [3.63, 3.8) is 0 Å². The molecule has 1 heterocycles. The van der Waals surface area contributed by atoms with Crippen LogP contribution in [0.25, 0.3) is 10.8 Å². The van der Waals surface area contributed by atoms with Crippen LogP contribution in [0.1, 0.15) is 12.0 Å². The number of aliphatic hydroxyl groups excluding tert-OH is 1. The predicted molar refractivity (Wildman–Crippen MR) is 140 cm³/mol. The van der Waals surface area contributed by atoms with Gasteiger partial charge in [-0.15, -0.1) is 0 Å². The molecule has 2 atom stereocenters. The Morgan fingerprint density at radius 2 is 1.90 bits per heavy atom. The van der Waals surface area contributed by atoms with Crippen molar-refractivity contribution in [2.45, 2.75) is 25.1 Å². The van der Waals surface area contributed by atoms with Crippen LogP contribution in [0.3, 0.4) is 0 Å². The number of pyridine rings is 1. The fraction of sp³-hybridized carbons (Fsp3) is 0.292. The van der Waals surface area contributed by atoms with Gasteiger partial charge in [0.25, 0.3) is 0 Å². The number of phosphoric ester groups is 1. The molecule has 0 saturated carbocycles. The van der Waals surface area contributed by atoms with Crippen molar-refractivity contribution in [1.29, 1.82) is 0 Å². The maximum Gasteiger partial charge on any atom is 0.469 e. The van der Waals surface area contributed by atoms with Crippen molar-refractivity contribution in [3.05, 3.63) is 70.9 Å². The standard InChI is InChI=1S/C24H26ClF2N4O8P/c1-31(23(33)29-11-15-3-2-4-20(27)22(15)25)18(9-19(32)13-39-40(35,36)37)12-38-24(34)30-21-8-16-7-17(26)6-5-14(16)10-28-21/h2-8,10,18-19,32H,9,11-13H2,1H3,(H,29,33)(H,28,30,34)(H2,35,36,37)/t18-,19?/m1/s1. The molecule has 1 aromatic heterocycles. The summed E-state index contributed by atoms with van der Waals surface area (Å²) in [5, 5.41) is 16.1. The minimum Gasteiger partial charge on any atom is -0.447 e. The number of carbonyl (C=O) groups is 2. The Balaban J connectivity index is 1.65. The minimum absolute atomic E-state index is 0.0628. The van der Waals surface area contributed by atoms with Crippen LogP contribution in [0.15, 0.2) is 48.7 Å². The topological polar surface area (TPSA) is 171 Å². The second-order valence-electron chi connectivity index (χ2n) is 8.60. The Morgan fingerprint density at radius 3 is 2.62 bits per heavy atom. The van der Waals surface area contributed by atoms with Gasteiger partial charge in [0.1, 0.15) is 24.1 Å². The van der Waals surface area contributed by atoms with Crippen LogP contribution < -0.4 is 10.6 Å². The van der Waals surface area contributed by atoms with Crippen molar-refractivity contribution >= 4 is 48.1 Å². The van der Waals surface area contributed by atoms with Crippen LogP contribution in [0.4, 0.5) is 24.2 Å². The number of nitrogens with zero attached hydrogens (tertiary/aromatic N) is 2. The molecule has 16 heteroatoms. The first-order valence-corrected chi connectivity index (χ1v) is 13.5. The number of aliphatic hydroxyl groups is 1. The highest BCUT2D eigenvalue weighted by Gasteiger charge is 2.27. The first-order valence-electron chi connectivity index (χ1n) is 11.6. The molecular weight excluding hydrogens is 577 g/mol. The number of hydrogen-bond acceptors (Lipinski definition) is 7. The number of rotatable bonds is 11. The third-order valence-corrected chi connectivity index (χ3v) is 6.54. The van der Waals surface area contributed by atoms with Gasteiger partial charge in [-0.1, -0.05) is 23.7 Å². The molecule has 3 aromatic rings. The molecule has 3 amide bonds. The molecule has 0 radical (unpaired) electrons. The first-order chi connectivity index (χ1) is 18.8. The summed E-state index contributed by atoms with van der Waals surface area (Å²) in [6.45, 7) is -1.38. The highest BCUT2D eigenvalue weighted by molar-refractivity contribution is 7.46. The molecule has 2 aromatic carbocycles. The lowest BCUT2D eigenvalue weighted by atomic mass is 10.1. The lowest BCUT2D eigenvalue weighted by molar-refractivity contribution is 0.0452. The number of urea groups is 1. The summed E-state index contributed by atoms with van der Waals surface area (Å²) < 4.78 is 47.7. The quantitative estimate of drug-likeness (QED) is 0.205. The number of ether oxygens (including phenoxy) is 1. The molecule has 216 valence electrons. The lowest BCUT2D eigenvalue weighted by Crippen LogP contribution is -2.47. The van der Waals surface area contributed by atoms with Crippen LogP contribution in [0.2, 0.25) is 5.02 Å². The smallest absolute Gasteiger partial charge is 0.447 e. The van der Waals surface area contributed by atoms with Crippen molar-refractivity contribution in [1.82, 2.24) is 15.2 Å². The summed E-state index contributed by atoms with van der Waals surface area (Å²) in [7, 11) is -3.55. The normalized spacial score (nSPS) is 13.0. The summed E-state index contributed by atoms with van der Waals surface area (Å²) in [5.41, 5.74) is 0.299. The predicted octanol–water partition coefficient (Wildman–Crippen LogP) is 3.79. The van der Waals surface area contributed by atoms with Crippen LogP contribution in [0.5, 0.6) is 0 Å². The van der Waals surface area contributed by atoms with Crippen LogP contribution >= 0.6 is 19.4 Å². The molecule has 0 aliphatic heterocycles. The van der Waals surface area contributed by atoms with Crippen molar-refractivity contribution in [2.75, 3.05) is 25.6 Å². The molecule has 3 rings (SSSR count). The summed E-state index contributed by atoms with van der Waals surface area (Å²) >= 11 is 5.91. The maximum absolute atomic E-state index is 13.7. The molecule has 1 unspecified atom stereocenters. The van der Waals surface area contributed by atoms with E-state index in [4.69, 9.17) is 26.1 Å². The summed E-state index contributed by atoms with van der Waals surface area (Å²) in [6, 6.07) is 7.84. The largest absolute Gasteiger partial charge is 0.469 e. The fourth-order valence-electron chi connectivity index (χ4n) is 3.54. The first kappa shape index (κ1) is 31.1. The molecule has 0 saturated heterocycles. The van der Waals surface area contributed by atoms with Gasteiger partial charge in [-0.3, -0.25) is 9.84 Å². The van der Waals surface area contributed by atoms with E-state index in [1.807, 2.05) is 0 Å². The van der Waals surface area contributed by atoms with E-state index in [2.05, 4.69) is 20.1 Å². The molecule has 0 bridgehead atoms. The molecule has 5 N–H and O–H groups in total. The van der Waals surface area contributed by atoms with Gasteiger partial charge in [-0.2, -0.15) is 0 Å². The van der Waals surface area contributed by atoms with Crippen molar-refractivity contribution < 1.29 is 47.1 Å². The molecule has 0 fully saturated rings. The highest BCUT2D eigenvalue weighted by atomic mass is 35.5. The highest BCUT2D eigenvalue weighted by Crippen LogP contribution is 2.36. The van der Waals surface area contributed by atoms with E-state index in [0.717, 1.165) is 11.0 Å². The van der Waals surface area contributed by atoms with E-state index in [1.165, 1.54) is 49.6 Å². The van der Waals surface area contributed by atoms with Gasteiger partial charge in [0.2, 0.25) is 0 Å². The Labute approximate surface area is 232 Å². The van der Waals surface area contributed by atoms with E-state index in [-0.39, 0.29) is 23.8 Å². The van der Waals surface area contributed by atoms with Gasteiger partial charge >= 0.3 is 19.9 Å². The molecular formula is C24H26ClF2N4O8P. The fourth-order valence-corrected chi connectivity index (χ4v) is 4.10. The van der Waals surface area contributed by atoms with Gasteiger partial charge in [0.15, 0.2) is 0 Å². The van der Waals surface area contributed by atoms with Crippen LogP contribution in [0, 0.1) is 11.6 Å². The molecule has 0 aliphatic rings. The van der Waals surface area contributed by atoms with Gasteiger partial charge in [-0.05, 0) is 47.7 Å². The Kier molecular flexibility index (Phi) is 10.7. The van der Waals surface area contributed by atoms with Crippen molar-refractivity contribution in [2.24, 2.45) is 0 Å². The van der Waals surface area contributed by atoms with Gasteiger partial charge in [-0.25, -0.2) is 27.9 Å². The average Bonchev–Trinajstić information content (AvgIpc) is 2.89. The van der Waals surface area contributed by atoms with E-state index >= 15 is 0 Å². The Morgan fingerprint density at radius 1 is 1.15 bits per heavy atom. The summed E-state index contributed by atoms with van der Waals surface area (Å²) in [4.78, 5) is 48.1. The molecule has 0 spiro atoms. The van der Waals surface area contributed by atoms with Crippen LogP contribution in [-0.4, -0.2) is 69.3 Å². The van der Waals surface area contributed by atoms with Crippen molar-refractivity contribution in [3.8, 4) is 0 Å². The Hall–Kier alpha value is -3.39. The Bertz CT molecular complexity index is 1410. The zero-order chi connectivity index (χ0) is 29.4. The molecule has 0 aliphatic carbocycles. The summed E-state index contributed by atoms with van der Waals surface area (Å²) in [5.74, 6) is -1.08. The third kappa shape index (κ3) is 9.37. The second-order valence-corrected chi connectivity index (χ2v) is 10.2. The third-order valence-electron chi connectivity index (χ3n) is 5.63. The number of benzene rings is 2. The molecule has 12 nitrogen and oxygen atoms in total. The monoisotopic (exact) mass is 602 g/mol. The number of phosphoric acid groups is 1. The SMILES string of the molecule is CN(C(=O)NCc1cccc(F)c1Cl)[C@@H](COC(=O)Nc1cc2cc(F)ccc2cn1)CC(O)COP(=O)(O)O. The minimum atomic E-state index is -4.87. The van der Waals surface area contributed by atoms with E-state index < -0.39 is 56.9 Å². The number of anilines is 1. The number of hydrogen-bond donors (Lipinski definition) is 5. The van der Waals surface area contributed by atoms with E-state index in [0.29, 0.717) is 16.3 Å². The lowest BCUT2D eigenvalue weighted by Gasteiger charge is -2.29. The zero-order valence-electron chi connectivity index (χ0n) is 21.0.